The van der Waals surface area contributed by atoms with Gasteiger partial charge in [0.2, 0.25) is 5.41 Å². The zero-order valence-corrected chi connectivity index (χ0v) is 13.2. The van der Waals surface area contributed by atoms with Crippen LogP contribution >= 0.6 is 15.9 Å². The predicted octanol–water partition coefficient (Wildman–Crippen LogP) is 2.07. The number of carboxylic acid groups (broad SMARTS) is 1. The van der Waals surface area contributed by atoms with Crippen molar-refractivity contribution in [1.29, 1.82) is 0 Å². The summed E-state index contributed by atoms with van der Waals surface area (Å²) in [5.74, 6) is -2.20. The Hall–Kier alpha value is -1.40. The molecular formula is C14H18BrNO4. The van der Waals surface area contributed by atoms with Crippen LogP contribution in [0.2, 0.25) is 0 Å². The maximum atomic E-state index is 12.4. The number of rotatable bonds is 4. The number of hydrogen-bond acceptors (Lipinski definition) is 4. The maximum Gasteiger partial charge on any atom is 0.329 e. The molecule has 0 aliphatic heterocycles. The van der Waals surface area contributed by atoms with E-state index in [1.165, 1.54) is 0 Å². The summed E-state index contributed by atoms with van der Waals surface area (Å²) in [7, 11) is 0. The van der Waals surface area contributed by atoms with Gasteiger partial charge in [0.25, 0.3) is 0 Å². The Morgan fingerprint density at radius 2 is 1.85 bits per heavy atom. The molecule has 6 heteroatoms. The molecule has 5 nitrogen and oxygen atoms in total. The number of esters is 1. The van der Waals surface area contributed by atoms with Crippen LogP contribution in [0.1, 0.15) is 26.3 Å². The number of carbonyl (C=O) groups excluding carboxylic acids is 1. The summed E-state index contributed by atoms with van der Waals surface area (Å²) in [6.45, 7) is 4.63. The normalized spacial score (nSPS) is 14.4. The molecule has 0 amide bonds. The average Bonchev–Trinajstić information content (AvgIpc) is 2.30. The standard InChI is InChI=1S/C14H18BrNO4/c1-13(2,3)20-12(19)14(8-16,11(17)18)9-6-4-5-7-10(9)15/h4-7H,8,16H2,1-3H3,(H,17,18)/t14-/m1/s1. The van der Waals surface area contributed by atoms with Gasteiger partial charge in [-0.15, -0.1) is 0 Å². The fraction of sp³-hybridized carbons (Fsp3) is 0.429. The summed E-state index contributed by atoms with van der Waals surface area (Å²) in [5, 5.41) is 9.57. The van der Waals surface area contributed by atoms with Gasteiger partial charge < -0.3 is 15.6 Å². The molecule has 20 heavy (non-hydrogen) atoms. The SMILES string of the molecule is CC(C)(C)OC(=O)[C@@](CN)(C(=O)O)c1ccccc1Br. The van der Waals surface area contributed by atoms with Gasteiger partial charge >= 0.3 is 11.9 Å². The van der Waals surface area contributed by atoms with Gasteiger partial charge in [-0.3, -0.25) is 9.59 Å². The Morgan fingerprint density at radius 3 is 2.25 bits per heavy atom. The minimum atomic E-state index is -1.92. The number of aliphatic carboxylic acids is 1. The summed E-state index contributed by atoms with van der Waals surface area (Å²) in [5.41, 5.74) is 3.19. The van der Waals surface area contributed by atoms with Crippen LogP contribution in [0.5, 0.6) is 0 Å². The Bertz CT molecular complexity index is 524. The highest BCUT2D eigenvalue weighted by Gasteiger charge is 2.50. The molecule has 0 aromatic heterocycles. The zero-order valence-electron chi connectivity index (χ0n) is 11.6. The van der Waals surface area contributed by atoms with Crippen molar-refractivity contribution in [2.24, 2.45) is 5.73 Å². The molecule has 0 saturated carbocycles. The van der Waals surface area contributed by atoms with E-state index >= 15 is 0 Å². The molecule has 0 heterocycles. The van der Waals surface area contributed by atoms with Gasteiger partial charge in [-0.25, -0.2) is 0 Å². The third-order valence-electron chi connectivity index (χ3n) is 2.75. The topological polar surface area (TPSA) is 89.6 Å². The Labute approximate surface area is 126 Å². The molecule has 1 aromatic carbocycles. The molecule has 110 valence electrons. The number of halogens is 1. The van der Waals surface area contributed by atoms with Gasteiger partial charge in [-0.1, -0.05) is 34.1 Å². The van der Waals surface area contributed by atoms with Crippen LogP contribution in [0.4, 0.5) is 0 Å². The number of nitrogens with two attached hydrogens (primary N) is 1. The van der Waals surface area contributed by atoms with Crippen molar-refractivity contribution < 1.29 is 19.4 Å². The van der Waals surface area contributed by atoms with Crippen molar-refractivity contribution in [3.05, 3.63) is 34.3 Å². The van der Waals surface area contributed by atoms with E-state index < -0.39 is 23.0 Å². The van der Waals surface area contributed by atoms with Gasteiger partial charge in [-0.2, -0.15) is 0 Å². The molecule has 0 fully saturated rings. The number of carbonyl (C=O) groups is 2. The first-order valence-electron chi connectivity index (χ1n) is 6.07. The first-order valence-corrected chi connectivity index (χ1v) is 6.86. The van der Waals surface area contributed by atoms with E-state index in [0.29, 0.717) is 4.47 Å². The monoisotopic (exact) mass is 343 g/mol. The third kappa shape index (κ3) is 3.19. The van der Waals surface area contributed by atoms with Crippen molar-refractivity contribution >= 4 is 27.9 Å². The molecular weight excluding hydrogens is 326 g/mol. The van der Waals surface area contributed by atoms with Gasteiger partial charge in [0.05, 0.1) is 0 Å². The lowest BCUT2D eigenvalue weighted by molar-refractivity contribution is -0.169. The lowest BCUT2D eigenvalue weighted by Crippen LogP contribution is -2.52. The van der Waals surface area contributed by atoms with Crippen LogP contribution < -0.4 is 5.73 Å². The highest BCUT2D eigenvalue weighted by atomic mass is 79.9. The van der Waals surface area contributed by atoms with Crippen molar-refractivity contribution in [2.45, 2.75) is 31.8 Å². The smallest absolute Gasteiger partial charge is 0.329 e. The van der Waals surface area contributed by atoms with Crippen LogP contribution in [0.3, 0.4) is 0 Å². The highest BCUT2D eigenvalue weighted by molar-refractivity contribution is 9.10. The summed E-state index contributed by atoms with van der Waals surface area (Å²) in [6.07, 6.45) is 0. The summed E-state index contributed by atoms with van der Waals surface area (Å²) >= 11 is 3.26. The van der Waals surface area contributed by atoms with E-state index in [4.69, 9.17) is 10.5 Å². The van der Waals surface area contributed by atoms with Crippen LogP contribution in [-0.2, 0) is 19.7 Å². The van der Waals surface area contributed by atoms with Crippen LogP contribution in [0.25, 0.3) is 0 Å². The summed E-state index contributed by atoms with van der Waals surface area (Å²) < 4.78 is 5.74. The van der Waals surface area contributed by atoms with Crippen molar-refractivity contribution in [1.82, 2.24) is 0 Å². The molecule has 1 aromatic rings. The molecule has 1 atom stereocenters. The lowest BCUT2D eigenvalue weighted by Gasteiger charge is -2.31. The summed E-state index contributed by atoms with van der Waals surface area (Å²) in [4.78, 5) is 24.1. The molecule has 1 rings (SSSR count). The summed E-state index contributed by atoms with van der Waals surface area (Å²) in [6, 6.07) is 6.59. The Balaban J connectivity index is 3.42. The molecule has 0 radical (unpaired) electrons. The van der Waals surface area contributed by atoms with Crippen LogP contribution in [0.15, 0.2) is 28.7 Å². The highest BCUT2D eigenvalue weighted by Crippen LogP contribution is 2.33. The van der Waals surface area contributed by atoms with Gasteiger partial charge in [-0.05, 0) is 32.4 Å². The molecule has 0 aliphatic rings. The molecule has 0 aliphatic carbocycles. The van der Waals surface area contributed by atoms with E-state index in [2.05, 4.69) is 15.9 Å². The zero-order chi connectivity index (χ0) is 15.6. The lowest BCUT2D eigenvalue weighted by atomic mass is 9.80. The number of ether oxygens (including phenoxy) is 1. The van der Waals surface area contributed by atoms with Gasteiger partial charge in [0.1, 0.15) is 5.60 Å². The first kappa shape index (κ1) is 16.7. The van der Waals surface area contributed by atoms with E-state index in [0.717, 1.165) is 0 Å². The minimum absolute atomic E-state index is 0.282. The molecule has 0 saturated heterocycles. The molecule has 0 spiro atoms. The Kier molecular flexibility index (Phi) is 4.94. The van der Waals surface area contributed by atoms with Crippen LogP contribution in [-0.4, -0.2) is 29.2 Å². The van der Waals surface area contributed by atoms with E-state index in [1.807, 2.05) is 0 Å². The van der Waals surface area contributed by atoms with E-state index in [9.17, 15) is 14.7 Å². The fourth-order valence-electron chi connectivity index (χ4n) is 1.77. The minimum Gasteiger partial charge on any atom is -0.480 e. The second-order valence-electron chi connectivity index (χ2n) is 5.40. The van der Waals surface area contributed by atoms with Gasteiger partial charge in [0.15, 0.2) is 0 Å². The van der Waals surface area contributed by atoms with Crippen molar-refractivity contribution in [3.8, 4) is 0 Å². The fourth-order valence-corrected chi connectivity index (χ4v) is 2.39. The first-order chi connectivity index (χ1) is 9.15. The molecule has 3 N–H and O–H groups in total. The largest absolute Gasteiger partial charge is 0.480 e. The second kappa shape index (κ2) is 5.93. The predicted molar refractivity (Wildman–Crippen MR) is 78.4 cm³/mol. The van der Waals surface area contributed by atoms with Crippen LogP contribution in [0, 0.1) is 0 Å². The number of carboxylic acids is 1. The van der Waals surface area contributed by atoms with E-state index in [-0.39, 0.29) is 12.1 Å². The number of hydrogen-bond donors (Lipinski definition) is 2. The van der Waals surface area contributed by atoms with Crippen molar-refractivity contribution in [3.63, 3.8) is 0 Å². The van der Waals surface area contributed by atoms with Gasteiger partial charge in [0, 0.05) is 11.0 Å². The second-order valence-corrected chi connectivity index (χ2v) is 6.25. The Morgan fingerprint density at radius 1 is 1.30 bits per heavy atom. The van der Waals surface area contributed by atoms with E-state index in [1.54, 1.807) is 45.0 Å². The quantitative estimate of drug-likeness (QED) is 0.645. The molecule has 0 bridgehead atoms. The molecule has 0 unspecified atom stereocenters. The van der Waals surface area contributed by atoms with Crippen molar-refractivity contribution in [2.75, 3.05) is 6.54 Å². The number of benzene rings is 1. The maximum absolute atomic E-state index is 12.4. The third-order valence-corrected chi connectivity index (χ3v) is 3.44. The average molecular weight is 344 g/mol.